The molecule has 1 aliphatic heterocycles. The summed E-state index contributed by atoms with van der Waals surface area (Å²) in [7, 11) is 4.15. The Bertz CT molecular complexity index is 417. The number of likely N-dealkylation sites (tertiary alicyclic amines) is 1. The van der Waals surface area contributed by atoms with Crippen molar-refractivity contribution in [3.63, 3.8) is 0 Å². The fourth-order valence-electron chi connectivity index (χ4n) is 2.40. The number of piperidine rings is 1. The van der Waals surface area contributed by atoms with Crippen molar-refractivity contribution >= 4 is 15.9 Å². The highest BCUT2D eigenvalue weighted by molar-refractivity contribution is 9.10. The molecular formula is C15H23BrN2O. The summed E-state index contributed by atoms with van der Waals surface area (Å²) in [6, 6.07) is 6.56. The van der Waals surface area contributed by atoms with Gasteiger partial charge in [-0.25, -0.2) is 0 Å². The summed E-state index contributed by atoms with van der Waals surface area (Å²) in [6.07, 6.45) is 2.57. The first kappa shape index (κ1) is 14.8. The van der Waals surface area contributed by atoms with Gasteiger partial charge < -0.3 is 15.0 Å². The van der Waals surface area contributed by atoms with Crippen LogP contribution in [0.15, 0.2) is 22.7 Å². The third-order valence-corrected chi connectivity index (χ3v) is 4.32. The van der Waals surface area contributed by atoms with Gasteiger partial charge in [0.15, 0.2) is 0 Å². The van der Waals surface area contributed by atoms with Crippen LogP contribution in [0.5, 0.6) is 5.75 Å². The number of hydrogen-bond donors (Lipinski definition) is 1. The molecule has 1 fully saturated rings. The van der Waals surface area contributed by atoms with Gasteiger partial charge in [0.05, 0.1) is 0 Å². The molecule has 1 unspecified atom stereocenters. The van der Waals surface area contributed by atoms with Crippen LogP contribution in [-0.4, -0.2) is 38.2 Å². The third kappa shape index (κ3) is 3.94. The maximum absolute atomic E-state index is 6.23. The minimum absolute atomic E-state index is 0.291. The molecule has 1 aromatic rings. The molecule has 0 spiro atoms. The van der Waals surface area contributed by atoms with E-state index in [1.165, 1.54) is 5.56 Å². The maximum Gasteiger partial charge on any atom is 0.124 e. The number of nitrogens with one attached hydrogen (secondary N) is 1. The van der Waals surface area contributed by atoms with E-state index >= 15 is 0 Å². The Balaban J connectivity index is 2.11. The summed E-state index contributed by atoms with van der Waals surface area (Å²) in [5, 5.41) is 3.28. The Morgan fingerprint density at radius 3 is 2.68 bits per heavy atom. The fourth-order valence-corrected chi connectivity index (χ4v) is 2.78. The highest BCUT2D eigenvalue weighted by Crippen LogP contribution is 2.30. The molecule has 19 heavy (non-hydrogen) atoms. The number of nitrogens with zero attached hydrogens (tertiary/aromatic N) is 1. The number of hydrogen-bond acceptors (Lipinski definition) is 3. The monoisotopic (exact) mass is 326 g/mol. The van der Waals surface area contributed by atoms with Gasteiger partial charge in [-0.05, 0) is 52.1 Å². The lowest BCUT2D eigenvalue weighted by Crippen LogP contribution is -2.35. The Kier molecular flexibility index (Phi) is 5.25. The molecule has 4 heteroatoms. The van der Waals surface area contributed by atoms with Crippen molar-refractivity contribution in [2.75, 3.05) is 27.2 Å². The normalized spacial score (nSPS) is 19.4. The van der Waals surface area contributed by atoms with Crippen molar-refractivity contribution in [3.8, 4) is 5.75 Å². The van der Waals surface area contributed by atoms with Gasteiger partial charge in [-0.15, -0.1) is 0 Å². The number of ether oxygens (including phenoxy) is 1. The Morgan fingerprint density at radius 2 is 2.05 bits per heavy atom. The predicted octanol–water partition coefficient (Wildman–Crippen LogP) is 3.20. The van der Waals surface area contributed by atoms with Crippen LogP contribution in [0.25, 0.3) is 0 Å². The summed E-state index contributed by atoms with van der Waals surface area (Å²) in [6.45, 7) is 4.40. The van der Waals surface area contributed by atoms with Gasteiger partial charge in [0.1, 0.15) is 11.9 Å². The Hall–Kier alpha value is -0.580. The number of rotatable bonds is 4. The zero-order chi connectivity index (χ0) is 13.8. The predicted molar refractivity (Wildman–Crippen MR) is 82.8 cm³/mol. The van der Waals surface area contributed by atoms with E-state index in [-0.39, 0.29) is 0 Å². The van der Waals surface area contributed by atoms with Crippen LogP contribution in [0.2, 0.25) is 0 Å². The van der Waals surface area contributed by atoms with Crippen LogP contribution in [-0.2, 0) is 0 Å². The molecule has 0 aromatic heterocycles. The third-order valence-electron chi connectivity index (χ3n) is 3.83. The second-order valence-electron chi connectivity index (χ2n) is 5.31. The highest BCUT2D eigenvalue weighted by Gasteiger charge is 2.20. The van der Waals surface area contributed by atoms with E-state index in [9.17, 15) is 0 Å². The lowest BCUT2D eigenvalue weighted by Gasteiger charge is -2.30. The summed E-state index contributed by atoms with van der Waals surface area (Å²) in [5.41, 5.74) is 1.22. The van der Waals surface area contributed by atoms with Crippen molar-refractivity contribution in [2.45, 2.75) is 31.9 Å². The largest absolute Gasteiger partial charge is 0.490 e. The molecule has 1 saturated heterocycles. The van der Waals surface area contributed by atoms with E-state index in [1.807, 2.05) is 7.05 Å². The first-order valence-corrected chi connectivity index (χ1v) is 7.71. The molecule has 2 rings (SSSR count). The first-order valence-electron chi connectivity index (χ1n) is 6.92. The van der Waals surface area contributed by atoms with Gasteiger partial charge in [-0.2, -0.15) is 0 Å². The van der Waals surface area contributed by atoms with E-state index < -0.39 is 0 Å². The van der Waals surface area contributed by atoms with Gasteiger partial charge in [0, 0.05) is 29.2 Å². The van der Waals surface area contributed by atoms with Gasteiger partial charge in [0.25, 0.3) is 0 Å². The molecule has 0 radical (unpaired) electrons. The molecule has 0 aliphatic carbocycles. The van der Waals surface area contributed by atoms with Crippen molar-refractivity contribution in [1.29, 1.82) is 0 Å². The zero-order valence-electron chi connectivity index (χ0n) is 11.9. The Morgan fingerprint density at radius 1 is 1.37 bits per heavy atom. The number of benzene rings is 1. The van der Waals surface area contributed by atoms with Crippen molar-refractivity contribution in [2.24, 2.45) is 0 Å². The summed E-state index contributed by atoms with van der Waals surface area (Å²) >= 11 is 3.54. The molecule has 1 atom stereocenters. The SMILES string of the molecule is CNC(C)c1cc(Br)ccc1OC1CCN(C)CC1. The lowest BCUT2D eigenvalue weighted by atomic mass is 10.1. The van der Waals surface area contributed by atoms with E-state index in [0.29, 0.717) is 12.1 Å². The molecule has 1 aliphatic rings. The highest BCUT2D eigenvalue weighted by atomic mass is 79.9. The molecular weight excluding hydrogens is 304 g/mol. The lowest BCUT2D eigenvalue weighted by molar-refractivity contribution is 0.113. The molecule has 106 valence electrons. The van der Waals surface area contributed by atoms with Crippen LogP contribution in [0.3, 0.4) is 0 Å². The van der Waals surface area contributed by atoms with E-state index in [1.54, 1.807) is 0 Å². The maximum atomic E-state index is 6.23. The van der Waals surface area contributed by atoms with Crippen LogP contribution in [0.4, 0.5) is 0 Å². The Labute approximate surface area is 124 Å². The topological polar surface area (TPSA) is 24.5 Å². The van der Waals surface area contributed by atoms with Crippen molar-refractivity contribution < 1.29 is 4.74 Å². The van der Waals surface area contributed by atoms with Crippen LogP contribution in [0, 0.1) is 0 Å². The van der Waals surface area contributed by atoms with Crippen molar-refractivity contribution in [3.05, 3.63) is 28.2 Å². The van der Waals surface area contributed by atoms with Crippen LogP contribution < -0.4 is 10.1 Å². The average molecular weight is 327 g/mol. The van der Waals surface area contributed by atoms with Crippen LogP contribution in [0.1, 0.15) is 31.4 Å². The molecule has 3 nitrogen and oxygen atoms in total. The summed E-state index contributed by atoms with van der Waals surface area (Å²) in [4.78, 5) is 2.36. The standard InChI is InChI=1S/C15H23BrN2O/c1-11(17-2)14-10-12(16)4-5-15(14)19-13-6-8-18(3)9-7-13/h4-5,10-11,13,17H,6-9H2,1-3H3. The fraction of sp³-hybridized carbons (Fsp3) is 0.600. The van der Waals surface area contributed by atoms with Gasteiger partial charge in [0.2, 0.25) is 0 Å². The second-order valence-corrected chi connectivity index (χ2v) is 6.23. The van der Waals surface area contributed by atoms with E-state index in [2.05, 4.69) is 58.3 Å². The van der Waals surface area contributed by atoms with Gasteiger partial charge in [-0.1, -0.05) is 15.9 Å². The first-order chi connectivity index (χ1) is 9.10. The van der Waals surface area contributed by atoms with E-state index in [0.717, 1.165) is 36.2 Å². The van der Waals surface area contributed by atoms with Gasteiger partial charge in [-0.3, -0.25) is 0 Å². The summed E-state index contributed by atoms with van der Waals surface area (Å²) < 4.78 is 7.32. The minimum atomic E-state index is 0.291. The molecule has 1 N–H and O–H groups in total. The second kappa shape index (κ2) is 6.73. The average Bonchev–Trinajstić information content (AvgIpc) is 2.42. The molecule has 0 saturated carbocycles. The van der Waals surface area contributed by atoms with Crippen LogP contribution >= 0.6 is 15.9 Å². The zero-order valence-corrected chi connectivity index (χ0v) is 13.5. The molecule has 0 bridgehead atoms. The van der Waals surface area contributed by atoms with Gasteiger partial charge >= 0.3 is 0 Å². The van der Waals surface area contributed by atoms with E-state index in [4.69, 9.17) is 4.74 Å². The quantitative estimate of drug-likeness (QED) is 0.919. The number of halogens is 1. The molecule has 1 heterocycles. The minimum Gasteiger partial charge on any atom is -0.490 e. The molecule has 1 aromatic carbocycles. The smallest absolute Gasteiger partial charge is 0.124 e. The summed E-state index contributed by atoms with van der Waals surface area (Å²) in [5.74, 6) is 1.01. The molecule has 0 amide bonds. The van der Waals surface area contributed by atoms with Crippen molar-refractivity contribution in [1.82, 2.24) is 10.2 Å².